The molecule has 3 nitrogen and oxygen atoms in total. The Bertz CT molecular complexity index is 519. The highest BCUT2D eigenvalue weighted by atomic mass is 14.9. The van der Waals surface area contributed by atoms with E-state index in [-0.39, 0.29) is 0 Å². The van der Waals surface area contributed by atoms with Crippen molar-refractivity contribution in [1.29, 1.82) is 0 Å². The van der Waals surface area contributed by atoms with Crippen LogP contribution >= 0.6 is 0 Å². The molecule has 0 fully saturated rings. The molecule has 2 rings (SSSR count). The summed E-state index contributed by atoms with van der Waals surface area (Å²) in [6.07, 6.45) is 9.80. The zero-order valence-electron chi connectivity index (χ0n) is 13.1. The highest BCUT2D eigenvalue weighted by Crippen LogP contribution is 2.20. The van der Waals surface area contributed by atoms with Gasteiger partial charge in [-0.05, 0) is 38.6 Å². The number of hydrogen-bond donors (Lipinski definition) is 2. The quantitative estimate of drug-likeness (QED) is 0.642. The lowest BCUT2D eigenvalue weighted by atomic mass is 10.1. The molecule has 2 N–H and O–H groups in total. The molecule has 0 amide bonds. The monoisotopic (exact) mass is 285 g/mol. The largest absolute Gasteiger partial charge is 0.384 e. The molecule has 114 valence electrons. The average Bonchev–Trinajstić information content (AvgIpc) is 2.53. The van der Waals surface area contributed by atoms with E-state index in [0.29, 0.717) is 0 Å². The average molecular weight is 285 g/mol. The molecule has 1 aromatic carbocycles. The fourth-order valence-electron chi connectivity index (χ4n) is 2.61. The van der Waals surface area contributed by atoms with Gasteiger partial charge in [0, 0.05) is 23.8 Å². The van der Waals surface area contributed by atoms with E-state index >= 15 is 0 Å². The maximum atomic E-state index is 4.39. The molecule has 0 spiro atoms. The number of anilines is 1. The lowest BCUT2D eigenvalue weighted by Crippen LogP contribution is -2.07. The van der Waals surface area contributed by atoms with Gasteiger partial charge >= 0.3 is 0 Å². The third kappa shape index (κ3) is 5.35. The van der Waals surface area contributed by atoms with Crippen molar-refractivity contribution in [3.8, 4) is 0 Å². The van der Waals surface area contributed by atoms with E-state index in [1.807, 2.05) is 19.3 Å². The first kappa shape index (κ1) is 15.8. The summed E-state index contributed by atoms with van der Waals surface area (Å²) in [7, 11) is 2.02. The second kappa shape index (κ2) is 9.35. The summed E-state index contributed by atoms with van der Waals surface area (Å²) in [5.74, 6) is 0. The van der Waals surface area contributed by atoms with Crippen molar-refractivity contribution >= 4 is 16.6 Å². The van der Waals surface area contributed by atoms with E-state index in [1.165, 1.54) is 49.6 Å². The second-order valence-electron chi connectivity index (χ2n) is 5.53. The van der Waals surface area contributed by atoms with Gasteiger partial charge in [-0.3, -0.25) is 4.98 Å². The highest BCUT2D eigenvalue weighted by molar-refractivity contribution is 5.90. The first-order chi connectivity index (χ1) is 10.4. The molecule has 0 saturated carbocycles. The number of para-hydroxylation sites is 1. The lowest BCUT2D eigenvalue weighted by molar-refractivity contribution is 0.588. The Labute approximate surface area is 128 Å². The number of benzene rings is 1. The Morgan fingerprint density at radius 2 is 1.57 bits per heavy atom. The molecule has 3 heteroatoms. The maximum absolute atomic E-state index is 4.39. The third-order valence-corrected chi connectivity index (χ3v) is 3.82. The molecule has 0 saturated heterocycles. The molecule has 0 aliphatic heterocycles. The Morgan fingerprint density at radius 1 is 0.857 bits per heavy atom. The van der Waals surface area contributed by atoms with Gasteiger partial charge in [-0.15, -0.1) is 0 Å². The fraction of sp³-hybridized carbons (Fsp3) is 0.500. The Hall–Kier alpha value is -1.61. The minimum absolute atomic E-state index is 1.05. The highest BCUT2D eigenvalue weighted by Gasteiger charge is 1.99. The number of hydrogen-bond acceptors (Lipinski definition) is 3. The van der Waals surface area contributed by atoms with E-state index in [2.05, 4.69) is 39.9 Å². The van der Waals surface area contributed by atoms with Gasteiger partial charge in [-0.25, -0.2) is 0 Å². The third-order valence-electron chi connectivity index (χ3n) is 3.82. The van der Waals surface area contributed by atoms with Crippen molar-refractivity contribution in [3.63, 3.8) is 0 Å². The van der Waals surface area contributed by atoms with Crippen LogP contribution in [0.15, 0.2) is 36.5 Å². The predicted octanol–water partition coefficient (Wildman–Crippen LogP) is 4.21. The van der Waals surface area contributed by atoms with Crippen molar-refractivity contribution in [2.24, 2.45) is 0 Å². The predicted molar refractivity (Wildman–Crippen MR) is 91.9 cm³/mol. The molecule has 0 aliphatic rings. The molecule has 1 aromatic heterocycles. The number of pyridine rings is 1. The van der Waals surface area contributed by atoms with E-state index in [1.54, 1.807) is 0 Å². The Balaban J connectivity index is 1.64. The Morgan fingerprint density at radius 3 is 2.38 bits per heavy atom. The molecule has 0 unspecified atom stereocenters. The minimum atomic E-state index is 1.05. The molecule has 0 bridgehead atoms. The van der Waals surface area contributed by atoms with Gasteiger partial charge in [0.15, 0.2) is 0 Å². The zero-order chi connectivity index (χ0) is 14.8. The summed E-state index contributed by atoms with van der Waals surface area (Å²) in [5, 5.41) is 7.96. The minimum Gasteiger partial charge on any atom is -0.384 e. The van der Waals surface area contributed by atoms with Crippen LogP contribution in [0.2, 0.25) is 0 Å². The van der Waals surface area contributed by atoms with Gasteiger partial charge in [0.25, 0.3) is 0 Å². The van der Waals surface area contributed by atoms with Crippen LogP contribution in [0.3, 0.4) is 0 Å². The smallest absolute Gasteiger partial charge is 0.0722 e. The van der Waals surface area contributed by atoms with Gasteiger partial charge in [0.05, 0.1) is 5.52 Å². The second-order valence-corrected chi connectivity index (χ2v) is 5.53. The maximum Gasteiger partial charge on any atom is 0.0722 e. The number of rotatable bonds is 10. The number of nitrogens with one attached hydrogen (secondary N) is 2. The molecule has 0 aliphatic carbocycles. The van der Waals surface area contributed by atoms with Gasteiger partial charge in [-0.1, -0.05) is 43.9 Å². The lowest BCUT2D eigenvalue weighted by Gasteiger charge is -2.09. The van der Waals surface area contributed by atoms with Crippen LogP contribution in [0.5, 0.6) is 0 Å². The molecule has 1 heterocycles. The van der Waals surface area contributed by atoms with E-state index < -0.39 is 0 Å². The van der Waals surface area contributed by atoms with Crippen LogP contribution in [0.4, 0.5) is 5.69 Å². The summed E-state index contributed by atoms with van der Waals surface area (Å²) in [4.78, 5) is 4.39. The normalized spacial score (nSPS) is 10.9. The van der Waals surface area contributed by atoms with Crippen molar-refractivity contribution in [1.82, 2.24) is 10.3 Å². The SMILES string of the molecule is CNCCCCCCCCNc1ccnc2ccccc12. The summed E-state index contributed by atoms with van der Waals surface area (Å²) in [6, 6.07) is 10.4. The van der Waals surface area contributed by atoms with Gasteiger partial charge < -0.3 is 10.6 Å². The summed E-state index contributed by atoms with van der Waals surface area (Å²) in [6.45, 7) is 2.20. The summed E-state index contributed by atoms with van der Waals surface area (Å²) >= 11 is 0. The van der Waals surface area contributed by atoms with Crippen LogP contribution in [-0.2, 0) is 0 Å². The van der Waals surface area contributed by atoms with Gasteiger partial charge in [0.2, 0.25) is 0 Å². The van der Waals surface area contributed by atoms with Crippen molar-refractivity contribution < 1.29 is 0 Å². The van der Waals surface area contributed by atoms with Crippen LogP contribution in [0.25, 0.3) is 10.9 Å². The van der Waals surface area contributed by atoms with Crippen molar-refractivity contribution in [2.75, 3.05) is 25.5 Å². The van der Waals surface area contributed by atoms with Crippen molar-refractivity contribution in [2.45, 2.75) is 38.5 Å². The standard InChI is InChI=1S/C18H27N3/c1-19-13-8-4-2-3-5-9-14-20-18-12-15-21-17-11-7-6-10-16(17)18/h6-7,10-12,15,19H,2-5,8-9,13-14H2,1H3,(H,20,21). The molecular formula is C18H27N3. The first-order valence-corrected chi connectivity index (χ1v) is 8.14. The van der Waals surface area contributed by atoms with E-state index in [4.69, 9.17) is 0 Å². The molecule has 21 heavy (non-hydrogen) atoms. The topological polar surface area (TPSA) is 37.0 Å². The van der Waals surface area contributed by atoms with E-state index in [0.717, 1.165) is 18.6 Å². The fourth-order valence-corrected chi connectivity index (χ4v) is 2.61. The Kier molecular flexibility index (Phi) is 7.02. The number of fused-ring (bicyclic) bond motifs is 1. The molecule has 2 aromatic rings. The van der Waals surface area contributed by atoms with Gasteiger partial charge in [0.1, 0.15) is 0 Å². The number of nitrogens with zero attached hydrogens (tertiary/aromatic N) is 1. The summed E-state index contributed by atoms with van der Waals surface area (Å²) in [5.41, 5.74) is 2.27. The zero-order valence-corrected chi connectivity index (χ0v) is 13.1. The molecule has 0 radical (unpaired) electrons. The molecular weight excluding hydrogens is 258 g/mol. The van der Waals surface area contributed by atoms with Gasteiger partial charge in [-0.2, -0.15) is 0 Å². The summed E-state index contributed by atoms with van der Waals surface area (Å²) < 4.78 is 0. The molecule has 0 atom stereocenters. The number of unbranched alkanes of at least 4 members (excludes halogenated alkanes) is 5. The van der Waals surface area contributed by atoms with Crippen LogP contribution in [0.1, 0.15) is 38.5 Å². The van der Waals surface area contributed by atoms with E-state index in [9.17, 15) is 0 Å². The van der Waals surface area contributed by atoms with Crippen LogP contribution < -0.4 is 10.6 Å². The first-order valence-electron chi connectivity index (χ1n) is 8.14. The van der Waals surface area contributed by atoms with Crippen LogP contribution in [-0.4, -0.2) is 25.1 Å². The van der Waals surface area contributed by atoms with Crippen LogP contribution in [0, 0.1) is 0 Å². The number of aromatic nitrogens is 1. The van der Waals surface area contributed by atoms with Crippen molar-refractivity contribution in [3.05, 3.63) is 36.5 Å².